The van der Waals surface area contributed by atoms with E-state index in [1.54, 1.807) is 6.19 Å². The van der Waals surface area contributed by atoms with Crippen molar-refractivity contribution in [3.63, 3.8) is 0 Å². The first kappa shape index (κ1) is 15.2. The Labute approximate surface area is 125 Å². The van der Waals surface area contributed by atoms with Crippen LogP contribution in [0.25, 0.3) is 0 Å². The number of nitrogens with one attached hydrogen (secondary N) is 1. The number of carbonyl (C=O) groups is 1. The van der Waals surface area contributed by atoms with E-state index in [0.29, 0.717) is 5.56 Å². The van der Waals surface area contributed by atoms with Crippen LogP contribution in [0.2, 0.25) is 0 Å². The molecule has 112 valence electrons. The number of nitriles is 1. The highest BCUT2D eigenvalue weighted by Crippen LogP contribution is 2.08. The summed E-state index contributed by atoms with van der Waals surface area (Å²) in [5.41, 5.74) is 0.385. The number of aryl methyl sites for hydroxylation is 1. The molecule has 7 nitrogen and oxygen atoms in total. The molecular formula is C14H12FN5O2. The highest BCUT2D eigenvalue weighted by atomic mass is 19.1. The van der Waals surface area contributed by atoms with Crippen LogP contribution in [0.4, 0.5) is 4.39 Å². The topological polar surface area (TPSA) is 103 Å². The van der Waals surface area contributed by atoms with Crippen LogP contribution >= 0.6 is 0 Å². The molecule has 0 aliphatic heterocycles. The van der Waals surface area contributed by atoms with Crippen LogP contribution in [0.3, 0.4) is 0 Å². The van der Waals surface area contributed by atoms with Gasteiger partial charge in [0.25, 0.3) is 5.91 Å². The number of hydrogen-bond donors (Lipinski definition) is 2. The molecular weight excluding hydrogens is 289 g/mol. The number of aromatic nitrogens is 2. The fourth-order valence-electron chi connectivity index (χ4n) is 1.75. The molecule has 0 saturated carbocycles. The number of hydrogen-bond acceptors (Lipinski definition) is 5. The first-order valence-electron chi connectivity index (χ1n) is 6.23. The number of amides is 1. The number of halogens is 1. The Morgan fingerprint density at radius 2 is 2.18 bits per heavy atom. The Kier molecular flexibility index (Phi) is 4.48. The first-order valence-corrected chi connectivity index (χ1v) is 6.23. The average Bonchev–Trinajstić information content (AvgIpc) is 2.50. The van der Waals surface area contributed by atoms with Crippen LogP contribution in [0.15, 0.2) is 35.6 Å². The predicted molar refractivity (Wildman–Crippen MR) is 73.6 cm³/mol. The molecule has 0 bridgehead atoms. The van der Waals surface area contributed by atoms with Crippen molar-refractivity contribution in [1.29, 1.82) is 5.26 Å². The lowest BCUT2D eigenvalue weighted by Gasteiger charge is -2.08. The highest BCUT2D eigenvalue weighted by Gasteiger charge is 2.15. The van der Waals surface area contributed by atoms with Gasteiger partial charge < -0.3 is 15.0 Å². The molecule has 0 radical (unpaired) electrons. The van der Waals surface area contributed by atoms with Gasteiger partial charge in [0.15, 0.2) is 16.9 Å². The van der Waals surface area contributed by atoms with Gasteiger partial charge in [-0.15, -0.1) is 0 Å². The molecule has 0 fully saturated rings. The minimum absolute atomic E-state index is 0.0653. The van der Waals surface area contributed by atoms with E-state index in [-0.39, 0.29) is 23.5 Å². The SMILES string of the molecule is Cn1cnc(C(=O)NCc2ccc(F)cc2)c(O)/c1=N/C#N. The number of rotatable bonds is 3. The number of benzene rings is 1. The molecule has 0 atom stereocenters. The molecule has 0 aliphatic rings. The van der Waals surface area contributed by atoms with E-state index in [0.717, 1.165) is 0 Å². The van der Waals surface area contributed by atoms with Gasteiger partial charge in [-0.05, 0) is 17.7 Å². The lowest BCUT2D eigenvalue weighted by Crippen LogP contribution is -2.28. The summed E-state index contributed by atoms with van der Waals surface area (Å²) in [7, 11) is 1.53. The molecule has 2 rings (SSSR count). The number of aromatic hydroxyl groups is 1. The molecule has 1 aromatic carbocycles. The summed E-state index contributed by atoms with van der Waals surface area (Å²) in [6.45, 7) is 0.145. The van der Waals surface area contributed by atoms with Gasteiger partial charge in [0.2, 0.25) is 6.19 Å². The lowest BCUT2D eigenvalue weighted by atomic mass is 10.2. The normalized spacial score (nSPS) is 11.0. The van der Waals surface area contributed by atoms with Crippen molar-refractivity contribution in [3.8, 4) is 11.9 Å². The van der Waals surface area contributed by atoms with Gasteiger partial charge in [0.05, 0.1) is 6.33 Å². The third kappa shape index (κ3) is 3.27. The molecule has 22 heavy (non-hydrogen) atoms. The maximum atomic E-state index is 12.8. The average molecular weight is 301 g/mol. The van der Waals surface area contributed by atoms with Crippen LogP contribution in [0.1, 0.15) is 16.1 Å². The lowest BCUT2D eigenvalue weighted by molar-refractivity contribution is 0.0942. The van der Waals surface area contributed by atoms with Crippen LogP contribution in [0, 0.1) is 17.3 Å². The van der Waals surface area contributed by atoms with Crippen molar-refractivity contribution in [2.75, 3.05) is 0 Å². The Morgan fingerprint density at radius 1 is 1.50 bits per heavy atom. The quantitative estimate of drug-likeness (QED) is 0.809. The zero-order valence-corrected chi connectivity index (χ0v) is 11.6. The summed E-state index contributed by atoms with van der Waals surface area (Å²) in [5, 5.41) is 21.1. The van der Waals surface area contributed by atoms with E-state index in [1.807, 2.05) is 0 Å². The van der Waals surface area contributed by atoms with E-state index >= 15 is 0 Å². The van der Waals surface area contributed by atoms with Gasteiger partial charge in [0, 0.05) is 13.6 Å². The Bertz CT molecular complexity index is 805. The summed E-state index contributed by atoms with van der Waals surface area (Å²) in [6, 6.07) is 5.63. The molecule has 8 heteroatoms. The van der Waals surface area contributed by atoms with Crippen molar-refractivity contribution >= 4 is 5.91 Å². The van der Waals surface area contributed by atoms with Crippen LogP contribution < -0.4 is 10.8 Å². The van der Waals surface area contributed by atoms with Gasteiger partial charge in [-0.1, -0.05) is 12.1 Å². The molecule has 2 aromatic rings. The van der Waals surface area contributed by atoms with Crippen molar-refractivity contribution in [1.82, 2.24) is 14.9 Å². The Balaban J connectivity index is 2.20. The van der Waals surface area contributed by atoms with Gasteiger partial charge in [-0.2, -0.15) is 10.3 Å². The van der Waals surface area contributed by atoms with E-state index < -0.39 is 11.7 Å². The molecule has 2 N–H and O–H groups in total. The summed E-state index contributed by atoms with van der Waals surface area (Å²) in [4.78, 5) is 19.3. The smallest absolute Gasteiger partial charge is 0.274 e. The van der Waals surface area contributed by atoms with Crippen molar-refractivity contribution in [2.24, 2.45) is 12.0 Å². The van der Waals surface area contributed by atoms with E-state index in [4.69, 9.17) is 5.26 Å². The van der Waals surface area contributed by atoms with Crippen LogP contribution in [0.5, 0.6) is 5.75 Å². The predicted octanol–water partition coefficient (Wildman–Crippen LogP) is 0.577. The fraction of sp³-hybridized carbons (Fsp3) is 0.143. The van der Waals surface area contributed by atoms with Crippen molar-refractivity contribution in [2.45, 2.75) is 6.54 Å². The third-order valence-electron chi connectivity index (χ3n) is 2.87. The third-order valence-corrected chi connectivity index (χ3v) is 2.87. The van der Waals surface area contributed by atoms with Gasteiger partial charge in [-0.3, -0.25) is 4.79 Å². The molecule has 0 aliphatic carbocycles. The molecule has 0 spiro atoms. The monoisotopic (exact) mass is 301 g/mol. The number of nitrogens with zero attached hydrogens (tertiary/aromatic N) is 4. The first-order chi connectivity index (χ1) is 10.5. The molecule has 0 unspecified atom stereocenters. The summed E-state index contributed by atoms with van der Waals surface area (Å²) in [6.07, 6.45) is 2.81. The second kappa shape index (κ2) is 6.49. The minimum Gasteiger partial charge on any atom is -0.503 e. The van der Waals surface area contributed by atoms with Crippen molar-refractivity contribution in [3.05, 3.63) is 53.2 Å². The maximum absolute atomic E-state index is 12.8. The summed E-state index contributed by atoms with van der Waals surface area (Å²) < 4.78 is 14.1. The summed E-state index contributed by atoms with van der Waals surface area (Å²) >= 11 is 0. The molecule has 1 heterocycles. The zero-order valence-electron chi connectivity index (χ0n) is 11.6. The standard InChI is InChI=1S/C14H12FN5O2/c1-20-8-19-11(12(21)13(20)18-7-16)14(22)17-6-9-2-4-10(15)5-3-9/h2-5,8,21H,6H2,1H3,(H,17,22)/b18-13-. The van der Waals surface area contributed by atoms with Gasteiger partial charge >= 0.3 is 0 Å². The van der Waals surface area contributed by atoms with Crippen LogP contribution in [-0.2, 0) is 13.6 Å². The van der Waals surface area contributed by atoms with Crippen molar-refractivity contribution < 1.29 is 14.3 Å². The molecule has 1 aromatic heterocycles. The van der Waals surface area contributed by atoms with Gasteiger partial charge in [0.1, 0.15) is 5.82 Å². The second-order valence-corrected chi connectivity index (χ2v) is 4.40. The Morgan fingerprint density at radius 3 is 2.82 bits per heavy atom. The minimum atomic E-state index is -0.628. The van der Waals surface area contributed by atoms with Crippen LogP contribution in [-0.4, -0.2) is 20.6 Å². The number of carbonyl (C=O) groups excluding carboxylic acids is 1. The fourth-order valence-corrected chi connectivity index (χ4v) is 1.75. The highest BCUT2D eigenvalue weighted by molar-refractivity contribution is 5.94. The second-order valence-electron chi connectivity index (χ2n) is 4.40. The van der Waals surface area contributed by atoms with E-state index in [9.17, 15) is 14.3 Å². The van der Waals surface area contributed by atoms with Gasteiger partial charge in [-0.25, -0.2) is 9.37 Å². The molecule has 1 amide bonds. The zero-order chi connectivity index (χ0) is 16.1. The largest absolute Gasteiger partial charge is 0.503 e. The maximum Gasteiger partial charge on any atom is 0.274 e. The Hall–Kier alpha value is -3.21. The van der Waals surface area contributed by atoms with E-state index in [2.05, 4.69) is 15.3 Å². The summed E-state index contributed by atoms with van der Waals surface area (Å²) in [5.74, 6) is -1.48. The van der Waals surface area contributed by atoms with E-state index in [1.165, 1.54) is 42.2 Å². The molecule has 0 saturated heterocycles.